The van der Waals surface area contributed by atoms with Crippen LogP contribution >= 0.6 is 0 Å². The molecule has 0 radical (unpaired) electrons. The maximum absolute atomic E-state index is 12.6. The minimum Gasteiger partial charge on any atom is -0.497 e. The number of aryl methyl sites for hydroxylation is 1. The molecule has 114 valence electrons. The Morgan fingerprint density at radius 1 is 1.09 bits per heavy atom. The Morgan fingerprint density at radius 3 is 2.36 bits per heavy atom. The largest absolute Gasteiger partial charge is 0.497 e. The number of nitrogens with zero attached hydrogens (tertiary/aromatic N) is 1. The van der Waals surface area contributed by atoms with Gasteiger partial charge < -0.3 is 9.47 Å². The molecule has 0 aliphatic rings. The van der Waals surface area contributed by atoms with E-state index in [9.17, 15) is 14.9 Å². The highest BCUT2D eigenvalue weighted by Gasteiger charge is 2.18. The molecular weight excluding hydrogens is 286 g/mol. The average molecular weight is 301 g/mol. The Balaban J connectivity index is 2.44. The van der Waals surface area contributed by atoms with Gasteiger partial charge in [-0.25, -0.2) is 0 Å². The summed E-state index contributed by atoms with van der Waals surface area (Å²) < 4.78 is 10.3. The normalized spacial score (nSPS) is 10.1. The van der Waals surface area contributed by atoms with Crippen molar-refractivity contribution >= 4 is 11.5 Å². The molecule has 0 aliphatic heterocycles. The van der Waals surface area contributed by atoms with Crippen LogP contribution in [0.3, 0.4) is 0 Å². The average Bonchev–Trinajstić information content (AvgIpc) is 2.53. The molecule has 0 aliphatic carbocycles. The monoisotopic (exact) mass is 301 g/mol. The molecule has 0 fully saturated rings. The van der Waals surface area contributed by atoms with Gasteiger partial charge in [0.2, 0.25) is 0 Å². The third-order valence-electron chi connectivity index (χ3n) is 3.31. The molecule has 0 heterocycles. The molecule has 2 aromatic carbocycles. The second kappa shape index (κ2) is 6.26. The van der Waals surface area contributed by atoms with Crippen LogP contribution in [0.25, 0.3) is 0 Å². The first-order valence-corrected chi connectivity index (χ1v) is 6.49. The first-order chi connectivity index (χ1) is 10.5. The van der Waals surface area contributed by atoms with E-state index in [-0.39, 0.29) is 11.5 Å². The number of nitro groups is 1. The SMILES string of the molecule is COc1ccc(C(=O)c2ccc([N+](=O)[O-])c(C)c2)c(OC)c1. The van der Waals surface area contributed by atoms with Crippen molar-refractivity contribution in [3.8, 4) is 11.5 Å². The van der Waals surface area contributed by atoms with Gasteiger partial charge in [0.25, 0.3) is 5.69 Å². The van der Waals surface area contributed by atoms with Crippen molar-refractivity contribution in [2.24, 2.45) is 0 Å². The minimum absolute atomic E-state index is 0.0155. The highest BCUT2D eigenvalue weighted by atomic mass is 16.6. The molecule has 2 aromatic rings. The Morgan fingerprint density at radius 2 is 1.82 bits per heavy atom. The zero-order valence-electron chi connectivity index (χ0n) is 12.5. The number of rotatable bonds is 5. The van der Waals surface area contributed by atoms with Crippen LogP contribution in [0.5, 0.6) is 11.5 Å². The maximum Gasteiger partial charge on any atom is 0.272 e. The van der Waals surface area contributed by atoms with Gasteiger partial charge in [0, 0.05) is 23.3 Å². The van der Waals surface area contributed by atoms with Gasteiger partial charge in [0.15, 0.2) is 5.78 Å². The Kier molecular flexibility index (Phi) is 4.41. The van der Waals surface area contributed by atoms with Gasteiger partial charge in [-0.3, -0.25) is 14.9 Å². The standard InChI is InChI=1S/C16H15NO5/c1-10-8-11(4-7-14(10)17(19)20)16(18)13-6-5-12(21-2)9-15(13)22-3/h4-9H,1-3H3. The zero-order chi connectivity index (χ0) is 16.3. The predicted octanol–water partition coefficient (Wildman–Crippen LogP) is 3.15. The zero-order valence-corrected chi connectivity index (χ0v) is 12.5. The van der Waals surface area contributed by atoms with Crippen LogP contribution in [0.15, 0.2) is 36.4 Å². The molecule has 0 bridgehead atoms. The van der Waals surface area contributed by atoms with E-state index in [4.69, 9.17) is 9.47 Å². The van der Waals surface area contributed by atoms with E-state index < -0.39 is 4.92 Å². The summed E-state index contributed by atoms with van der Waals surface area (Å²) in [6, 6.07) is 9.16. The van der Waals surface area contributed by atoms with Crippen molar-refractivity contribution in [3.05, 3.63) is 63.2 Å². The lowest BCUT2D eigenvalue weighted by atomic mass is 10.00. The number of benzene rings is 2. The summed E-state index contributed by atoms with van der Waals surface area (Å²) in [6.07, 6.45) is 0. The summed E-state index contributed by atoms with van der Waals surface area (Å²) >= 11 is 0. The summed E-state index contributed by atoms with van der Waals surface area (Å²) in [6.45, 7) is 1.60. The molecular formula is C16H15NO5. The van der Waals surface area contributed by atoms with Gasteiger partial charge in [-0.2, -0.15) is 0 Å². The van der Waals surface area contributed by atoms with Crippen molar-refractivity contribution in [3.63, 3.8) is 0 Å². The van der Waals surface area contributed by atoms with Crippen molar-refractivity contribution in [2.75, 3.05) is 14.2 Å². The van der Waals surface area contributed by atoms with E-state index in [1.165, 1.54) is 32.4 Å². The topological polar surface area (TPSA) is 78.7 Å². The van der Waals surface area contributed by atoms with Crippen molar-refractivity contribution in [1.82, 2.24) is 0 Å². The molecule has 22 heavy (non-hydrogen) atoms. The van der Waals surface area contributed by atoms with Crippen LogP contribution in [0, 0.1) is 17.0 Å². The first-order valence-electron chi connectivity index (χ1n) is 6.49. The van der Waals surface area contributed by atoms with Crippen LogP contribution in [-0.2, 0) is 0 Å². The smallest absolute Gasteiger partial charge is 0.272 e. The summed E-state index contributed by atoms with van der Waals surface area (Å²) in [5.74, 6) is 0.700. The molecule has 0 unspecified atom stereocenters. The number of carbonyl (C=O) groups excluding carboxylic acids is 1. The van der Waals surface area contributed by atoms with Crippen molar-refractivity contribution in [1.29, 1.82) is 0 Å². The number of carbonyl (C=O) groups is 1. The predicted molar refractivity (Wildman–Crippen MR) is 80.8 cm³/mol. The van der Waals surface area contributed by atoms with Crippen LogP contribution in [0.4, 0.5) is 5.69 Å². The number of nitro benzene ring substituents is 1. The fraction of sp³-hybridized carbons (Fsp3) is 0.188. The second-order valence-corrected chi connectivity index (χ2v) is 4.65. The third kappa shape index (κ3) is 2.90. The van der Waals surface area contributed by atoms with Crippen LogP contribution in [0.1, 0.15) is 21.5 Å². The Labute approximate surface area is 127 Å². The Bertz CT molecular complexity index is 739. The second-order valence-electron chi connectivity index (χ2n) is 4.65. The summed E-state index contributed by atoms with van der Waals surface area (Å²) in [5.41, 5.74) is 1.16. The third-order valence-corrected chi connectivity index (χ3v) is 3.31. The van der Waals surface area contributed by atoms with E-state index in [2.05, 4.69) is 0 Å². The van der Waals surface area contributed by atoms with E-state index in [0.717, 1.165) is 0 Å². The summed E-state index contributed by atoms with van der Waals surface area (Å²) in [4.78, 5) is 22.9. The summed E-state index contributed by atoms with van der Waals surface area (Å²) in [7, 11) is 2.99. The molecule has 0 saturated carbocycles. The lowest BCUT2D eigenvalue weighted by molar-refractivity contribution is -0.385. The van der Waals surface area contributed by atoms with Crippen LogP contribution in [-0.4, -0.2) is 24.9 Å². The molecule has 0 spiro atoms. The number of ketones is 1. The van der Waals surface area contributed by atoms with Gasteiger partial charge in [-0.15, -0.1) is 0 Å². The van der Waals surface area contributed by atoms with E-state index in [1.807, 2.05) is 0 Å². The lowest BCUT2D eigenvalue weighted by Gasteiger charge is -2.10. The fourth-order valence-corrected chi connectivity index (χ4v) is 2.14. The molecule has 2 rings (SSSR count). The number of hydrogen-bond acceptors (Lipinski definition) is 5. The molecule has 0 saturated heterocycles. The number of ether oxygens (including phenoxy) is 2. The summed E-state index contributed by atoms with van der Waals surface area (Å²) in [5, 5.41) is 10.8. The number of hydrogen-bond donors (Lipinski definition) is 0. The van der Waals surface area contributed by atoms with Crippen LogP contribution < -0.4 is 9.47 Å². The maximum atomic E-state index is 12.6. The van der Waals surface area contributed by atoms with Gasteiger partial charge in [0.1, 0.15) is 11.5 Å². The first kappa shape index (κ1) is 15.5. The molecule has 0 N–H and O–H groups in total. The van der Waals surface area contributed by atoms with Gasteiger partial charge >= 0.3 is 0 Å². The Hall–Kier alpha value is -2.89. The molecule has 0 aromatic heterocycles. The molecule has 0 atom stereocenters. The van der Waals surface area contributed by atoms with Crippen molar-refractivity contribution in [2.45, 2.75) is 6.92 Å². The number of methoxy groups -OCH3 is 2. The van der Waals surface area contributed by atoms with E-state index >= 15 is 0 Å². The van der Waals surface area contributed by atoms with Gasteiger partial charge in [-0.1, -0.05) is 0 Å². The lowest BCUT2D eigenvalue weighted by Crippen LogP contribution is -2.05. The highest BCUT2D eigenvalue weighted by Crippen LogP contribution is 2.28. The minimum atomic E-state index is -0.475. The van der Waals surface area contributed by atoms with E-state index in [0.29, 0.717) is 28.2 Å². The fourth-order valence-electron chi connectivity index (χ4n) is 2.14. The highest BCUT2D eigenvalue weighted by molar-refractivity contribution is 6.11. The molecule has 6 heteroatoms. The van der Waals surface area contributed by atoms with E-state index in [1.54, 1.807) is 25.1 Å². The van der Waals surface area contributed by atoms with Crippen LogP contribution in [0.2, 0.25) is 0 Å². The van der Waals surface area contributed by atoms with Gasteiger partial charge in [0.05, 0.1) is 24.7 Å². The molecule has 0 amide bonds. The quantitative estimate of drug-likeness (QED) is 0.481. The van der Waals surface area contributed by atoms with Crippen molar-refractivity contribution < 1.29 is 19.2 Å². The molecule has 6 nitrogen and oxygen atoms in total. The van der Waals surface area contributed by atoms with Gasteiger partial charge in [-0.05, 0) is 31.2 Å².